The number of benzene rings is 2. The average molecular weight is 485 g/mol. The van der Waals surface area contributed by atoms with Gasteiger partial charge in [-0.15, -0.1) is 0 Å². The minimum absolute atomic E-state index is 0.0795. The van der Waals surface area contributed by atoms with Crippen molar-refractivity contribution in [1.29, 1.82) is 0 Å². The smallest absolute Gasteiger partial charge is 0.408 e. The van der Waals surface area contributed by atoms with Crippen LogP contribution in [-0.4, -0.2) is 51.0 Å². The Morgan fingerprint density at radius 2 is 1.86 bits per heavy atom. The maximum Gasteiger partial charge on any atom is 0.408 e. The summed E-state index contributed by atoms with van der Waals surface area (Å²) in [5, 5.41) is 2.53. The molecule has 0 saturated carbocycles. The Morgan fingerprint density at radius 3 is 2.57 bits per heavy atom. The van der Waals surface area contributed by atoms with Crippen LogP contribution in [0.1, 0.15) is 42.3 Å². The van der Waals surface area contributed by atoms with Gasteiger partial charge < -0.3 is 33.7 Å². The zero-order chi connectivity index (χ0) is 25.1. The van der Waals surface area contributed by atoms with E-state index in [2.05, 4.69) is 5.32 Å². The maximum atomic E-state index is 13.5. The zero-order valence-corrected chi connectivity index (χ0v) is 19.9. The molecule has 0 radical (unpaired) electrons. The average Bonchev–Trinajstić information content (AvgIpc) is 3.35. The van der Waals surface area contributed by atoms with E-state index in [0.29, 0.717) is 35.0 Å². The maximum absolute atomic E-state index is 13.5. The van der Waals surface area contributed by atoms with Crippen molar-refractivity contribution in [3.05, 3.63) is 47.5 Å². The molecule has 0 aliphatic carbocycles. The Morgan fingerprint density at radius 1 is 1.09 bits per heavy atom. The van der Waals surface area contributed by atoms with E-state index >= 15 is 0 Å². The fourth-order valence-electron chi connectivity index (χ4n) is 3.94. The monoisotopic (exact) mass is 485 g/mol. The quantitative estimate of drug-likeness (QED) is 0.589. The first-order chi connectivity index (χ1) is 16.9. The third-order valence-corrected chi connectivity index (χ3v) is 6.14. The Labute approximate surface area is 202 Å². The van der Waals surface area contributed by atoms with Crippen LogP contribution in [0.3, 0.4) is 0 Å². The topological polar surface area (TPSA) is 119 Å². The highest BCUT2D eigenvalue weighted by Crippen LogP contribution is 2.41. The summed E-state index contributed by atoms with van der Waals surface area (Å²) >= 11 is 0. The van der Waals surface area contributed by atoms with Crippen molar-refractivity contribution in [2.45, 2.75) is 38.5 Å². The van der Waals surface area contributed by atoms with E-state index in [-0.39, 0.29) is 18.3 Å². The molecule has 35 heavy (non-hydrogen) atoms. The summed E-state index contributed by atoms with van der Waals surface area (Å²) in [6, 6.07) is 8.92. The molecule has 0 fully saturated rings. The molecule has 0 bridgehead atoms. The lowest BCUT2D eigenvalue weighted by atomic mass is 9.93. The lowest BCUT2D eigenvalue weighted by Gasteiger charge is -2.33. The number of ether oxygens (including phenoxy) is 6. The van der Waals surface area contributed by atoms with Crippen LogP contribution in [0.25, 0.3) is 0 Å². The minimum Gasteiger partial charge on any atom is -0.497 e. The molecule has 2 heterocycles. The first kappa shape index (κ1) is 24.2. The van der Waals surface area contributed by atoms with Gasteiger partial charge in [-0.05, 0) is 30.2 Å². The van der Waals surface area contributed by atoms with Gasteiger partial charge in [0.25, 0.3) is 0 Å². The molecule has 10 nitrogen and oxygen atoms in total. The predicted molar refractivity (Wildman–Crippen MR) is 122 cm³/mol. The van der Waals surface area contributed by atoms with Gasteiger partial charge in [0, 0.05) is 11.6 Å². The highest BCUT2D eigenvalue weighted by molar-refractivity contribution is 6.04. The summed E-state index contributed by atoms with van der Waals surface area (Å²) < 4.78 is 32.6. The van der Waals surface area contributed by atoms with Gasteiger partial charge in [0.1, 0.15) is 17.5 Å². The van der Waals surface area contributed by atoms with E-state index in [1.807, 2.05) is 6.92 Å². The van der Waals surface area contributed by atoms with Crippen LogP contribution >= 0.6 is 0 Å². The van der Waals surface area contributed by atoms with Crippen molar-refractivity contribution in [2.75, 3.05) is 21.0 Å². The molecular weight excluding hydrogens is 458 g/mol. The molecule has 2 aromatic rings. The normalized spacial score (nSPS) is 19.6. The van der Waals surface area contributed by atoms with Gasteiger partial charge in [-0.3, -0.25) is 4.79 Å². The van der Waals surface area contributed by atoms with Crippen LogP contribution in [0.15, 0.2) is 36.4 Å². The van der Waals surface area contributed by atoms with E-state index in [0.717, 1.165) is 0 Å². The second-order valence-corrected chi connectivity index (χ2v) is 8.23. The number of carbonyl (C=O) groups excluding carboxylic acids is 3. The Kier molecular flexibility index (Phi) is 6.99. The van der Waals surface area contributed by atoms with Gasteiger partial charge >= 0.3 is 12.1 Å². The van der Waals surface area contributed by atoms with Crippen molar-refractivity contribution in [1.82, 2.24) is 5.32 Å². The van der Waals surface area contributed by atoms with Crippen LogP contribution in [0.4, 0.5) is 4.79 Å². The van der Waals surface area contributed by atoms with Crippen molar-refractivity contribution in [3.63, 3.8) is 0 Å². The highest BCUT2D eigenvalue weighted by atomic mass is 16.7. The number of rotatable bonds is 7. The van der Waals surface area contributed by atoms with Crippen LogP contribution < -0.4 is 24.3 Å². The number of carbonyl (C=O) groups is 3. The fourth-order valence-corrected chi connectivity index (χ4v) is 3.94. The SMILES string of the molecule is CC[C@H](C)[C@@H](NC(=O)O[C@@H]1C(=O)c2ccc(OC)cc2O[C@H]1c1ccc2c(c1)OCO2)C(=O)OC. The van der Waals surface area contributed by atoms with Gasteiger partial charge in [-0.1, -0.05) is 26.3 Å². The van der Waals surface area contributed by atoms with Gasteiger partial charge in [-0.25, -0.2) is 9.59 Å². The van der Waals surface area contributed by atoms with Gasteiger partial charge in [0.05, 0.1) is 19.8 Å². The summed E-state index contributed by atoms with van der Waals surface area (Å²) in [7, 11) is 2.75. The second-order valence-electron chi connectivity index (χ2n) is 8.23. The van der Waals surface area contributed by atoms with E-state index in [4.69, 9.17) is 28.4 Å². The predicted octanol–water partition coefficient (Wildman–Crippen LogP) is 3.42. The molecule has 1 amide bonds. The Bertz CT molecular complexity index is 1130. The Balaban J connectivity index is 1.65. The summed E-state index contributed by atoms with van der Waals surface area (Å²) in [6.45, 7) is 3.76. The molecule has 2 aliphatic rings. The van der Waals surface area contributed by atoms with Gasteiger partial charge in [0.2, 0.25) is 18.7 Å². The largest absolute Gasteiger partial charge is 0.497 e. The molecule has 2 aromatic carbocycles. The van der Waals surface area contributed by atoms with E-state index in [1.165, 1.54) is 14.2 Å². The van der Waals surface area contributed by atoms with E-state index < -0.39 is 36.1 Å². The molecule has 4 atom stereocenters. The minimum atomic E-state index is -1.33. The number of esters is 1. The summed E-state index contributed by atoms with van der Waals surface area (Å²) in [5.74, 6) is 0.573. The molecule has 2 aliphatic heterocycles. The number of Topliss-reactive ketones (excluding diaryl/α,β-unsaturated/α-hetero) is 1. The van der Waals surface area contributed by atoms with Crippen LogP contribution in [0.2, 0.25) is 0 Å². The number of methoxy groups -OCH3 is 2. The molecule has 0 spiro atoms. The first-order valence-corrected chi connectivity index (χ1v) is 11.2. The fraction of sp³-hybridized carbons (Fsp3) is 0.400. The van der Waals surface area contributed by atoms with Crippen molar-refractivity contribution in [3.8, 4) is 23.0 Å². The van der Waals surface area contributed by atoms with Gasteiger partial charge in [0.15, 0.2) is 17.6 Å². The standard InChI is InChI=1S/C25H27NO9/c1-5-13(2)20(24(28)31-4)26-25(29)35-23-21(27)16-8-7-15(30-3)11-18(16)34-22(23)14-6-9-17-19(10-14)33-12-32-17/h6-11,13,20,22-23H,5,12H2,1-4H3,(H,26,29)/t13-,20+,22-,23+/m0/s1. The number of hydrogen-bond acceptors (Lipinski definition) is 9. The molecule has 186 valence electrons. The number of nitrogens with one attached hydrogen (secondary N) is 1. The lowest BCUT2D eigenvalue weighted by molar-refractivity contribution is -0.144. The van der Waals surface area contributed by atoms with Crippen molar-refractivity contribution >= 4 is 17.8 Å². The highest BCUT2D eigenvalue weighted by Gasteiger charge is 2.42. The number of ketones is 1. The van der Waals surface area contributed by atoms with Crippen LogP contribution in [0.5, 0.6) is 23.0 Å². The van der Waals surface area contributed by atoms with Gasteiger partial charge in [-0.2, -0.15) is 0 Å². The van der Waals surface area contributed by atoms with Crippen molar-refractivity contribution in [2.24, 2.45) is 5.92 Å². The molecular formula is C25H27NO9. The third-order valence-electron chi connectivity index (χ3n) is 6.14. The number of fused-ring (bicyclic) bond motifs is 2. The summed E-state index contributed by atoms with van der Waals surface area (Å²) in [5.41, 5.74) is 0.785. The zero-order valence-electron chi connectivity index (χ0n) is 19.9. The number of hydrogen-bond donors (Lipinski definition) is 1. The lowest BCUT2D eigenvalue weighted by Crippen LogP contribution is -2.49. The molecule has 1 N–H and O–H groups in total. The number of amides is 1. The van der Waals surface area contributed by atoms with E-state index in [1.54, 1.807) is 43.3 Å². The molecule has 0 unspecified atom stereocenters. The summed E-state index contributed by atoms with van der Waals surface area (Å²) in [6.07, 6.45) is -2.64. The van der Waals surface area contributed by atoms with Crippen molar-refractivity contribution < 1.29 is 42.8 Å². The number of alkyl carbamates (subject to hydrolysis) is 1. The second kappa shape index (κ2) is 10.1. The molecule has 0 saturated heterocycles. The summed E-state index contributed by atoms with van der Waals surface area (Å²) in [4.78, 5) is 38.5. The third kappa shape index (κ3) is 4.82. The Hall–Kier alpha value is -3.95. The molecule has 4 rings (SSSR count). The van der Waals surface area contributed by atoms with E-state index in [9.17, 15) is 14.4 Å². The molecule has 10 heteroatoms. The van der Waals surface area contributed by atoms with Crippen LogP contribution in [-0.2, 0) is 14.3 Å². The first-order valence-electron chi connectivity index (χ1n) is 11.2. The van der Waals surface area contributed by atoms with Crippen LogP contribution in [0, 0.1) is 5.92 Å². The molecule has 0 aromatic heterocycles.